The minimum Gasteiger partial charge on any atom is -0.388 e. The van der Waals surface area contributed by atoms with Gasteiger partial charge >= 0.3 is 0 Å². The summed E-state index contributed by atoms with van der Waals surface area (Å²) in [4.78, 5) is 21.7. The molecule has 0 radical (unpaired) electrons. The van der Waals surface area contributed by atoms with E-state index in [-0.39, 0.29) is 5.56 Å². The van der Waals surface area contributed by atoms with Crippen molar-refractivity contribution in [3.63, 3.8) is 0 Å². The molecule has 1 atom stereocenters. The van der Waals surface area contributed by atoms with Gasteiger partial charge in [-0.1, -0.05) is 0 Å². The number of rotatable bonds is 4. The number of aromatic nitrogens is 2. The van der Waals surface area contributed by atoms with E-state index >= 15 is 0 Å². The van der Waals surface area contributed by atoms with Gasteiger partial charge in [0.15, 0.2) is 0 Å². The highest BCUT2D eigenvalue weighted by Gasteiger charge is 2.34. The second-order valence-corrected chi connectivity index (χ2v) is 9.10. The molecule has 0 spiro atoms. The molecule has 0 saturated carbocycles. The molecule has 2 fully saturated rings. The Morgan fingerprint density at radius 3 is 2.85 bits per heavy atom. The normalized spacial score (nSPS) is 23.7. The van der Waals surface area contributed by atoms with Crippen molar-refractivity contribution in [2.45, 2.75) is 45.3 Å². The highest BCUT2D eigenvalue weighted by atomic mass is 32.1. The Hall–Kier alpha value is -1.28. The van der Waals surface area contributed by atoms with E-state index in [1.807, 2.05) is 13.8 Å². The Morgan fingerprint density at radius 2 is 2.15 bits per heavy atom. The van der Waals surface area contributed by atoms with Gasteiger partial charge in [0, 0.05) is 31.1 Å². The average Bonchev–Trinajstić information content (AvgIpc) is 3.22. The van der Waals surface area contributed by atoms with E-state index < -0.39 is 5.60 Å². The predicted molar refractivity (Wildman–Crippen MR) is 103 cm³/mol. The number of hydrogen-bond donors (Lipinski definition) is 1. The van der Waals surface area contributed by atoms with Gasteiger partial charge in [0.25, 0.3) is 5.56 Å². The first kappa shape index (κ1) is 18.1. The predicted octanol–water partition coefficient (Wildman–Crippen LogP) is 1.94. The molecule has 2 aliphatic heterocycles. The molecule has 0 aromatic carbocycles. The molecule has 0 amide bonds. The first-order valence-electron chi connectivity index (χ1n) is 9.43. The Morgan fingerprint density at radius 1 is 1.38 bits per heavy atom. The largest absolute Gasteiger partial charge is 0.388 e. The summed E-state index contributed by atoms with van der Waals surface area (Å²) >= 11 is 1.56. The van der Waals surface area contributed by atoms with E-state index in [1.165, 1.54) is 0 Å². The second kappa shape index (κ2) is 7.03. The van der Waals surface area contributed by atoms with Crippen molar-refractivity contribution in [3.05, 3.63) is 27.1 Å². The monoisotopic (exact) mass is 377 g/mol. The zero-order chi connectivity index (χ0) is 18.3. The molecule has 4 rings (SSSR count). The van der Waals surface area contributed by atoms with Crippen LogP contribution in [0, 0.1) is 19.8 Å². The van der Waals surface area contributed by atoms with Crippen LogP contribution in [0.4, 0.5) is 0 Å². The maximum Gasteiger partial charge on any atom is 0.262 e. The lowest BCUT2D eigenvalue weighted by Gasteiger charge is -2.39. The third-order valence-electron chi connectivity index (χ3n) is 5.95. The molecule has 4 heterocycles. The number of aryl methyl sites for hydroxylation is 2. The molecular weight excluding hydrogens is 350 g/mol. The van der Waals surface area contributed by atoms with Crippen LogP contribution in [0.2, 0.25) is 0 Å². The molecule has 142 valence electrons. The van der Waals surface area contributed by atoms with Crippen LogP contribution < -0.4 is 5.56 Å². The zero-order valence-corrected chi connectivity index (χ0v) is 16.3. The van der Waals surface area contributed by atoms with E-state index in [0.29, 0.717) is 30.7 Å². The van der Waals surface area contributed by atoms with Gasteiger partial charge in [-0.2, -0.15) is 0 Å². The topological polar surface area (TPSA) is 67.6 Å². The first-order valence-corrected chi connectivity index (χ1v) is 10.2. The molecule has 6 nitrogen and oxygen atoms in total. The smallest absolute Gasteiger partial charge is 0.262 e. The van der Waals surface area contributed by atoms with E-state index in [9.17, 15) is 9.90 Å². The molecule has 2 aromatic heterocycles. The SMILES string of the molecule is Cc1sc2ncn(CC3(O)CCN(CC4CCOC4)CC3)c(=O)c2c1C. The second-order valence-electron chi connectivity index (χ2n) is 7.90. The summed E-state index contributed by atoms with van der Waals surface area (Å²) in [7, 11) is 0. The van der Waals surface area contributed by atoms with Crippen molar-refractivity contribution >= 4 is 21.6 Å². The van der Waals surface area contributed by atoms with Crippen LogP contribution in [0.5, 0.6) is 0 Å². The fraction of sp³-hybridized carbons (Fsp3) is 0.684. The molecule has 7 heteroatoms. The number of likely N-dealkylation sites (tertiary alicyclic amines) is 1. The molecule has 2 aromatic rings. The van der Waals surface area contributed by atoms with Crippen LogP contribution in [0.15, 0.2) is 11.1 Å². The van der Waals surface area contributed by atoms with E-state index in [1.54, 1.807) is 22.2 Å². The van der Waals surface area contributed by atoms with Crippen molar-refractivity contribution in [2.24, 2.45) is 5.92 Å². The van der Waals surface area contributed by atoms with Crippen LogP contribution in [0.3, 0.4) is 0 Å². The lowest BCUT2D eigenvalue weighted by atomic mass is 9.90. The number of piperidine rings is 1. The van der Waals surface area contributed by atoms with Gasteiger partial charge < -0.3 is 14.7 Å². The molecular formula is C19H27N3O3S. The summed E-state index contributed by atoms with van der Waals surface area (Å²) in [5.41, 5.74) is 0.147. The van der Waals surface area contributed by atoms with Gasteiger partial charge in [0.2, 0.25) is 0 Å². The lowest BCUT2D eigenvalue weighted by Crippen LogP contribution is -2.49. The maximum atomic E-state index is 12.9. The number of aliphatic hydroxyl groups is 1. The quantitative estimate of drug-likeness (QED) is 0.882. The fourth-order valence-corrected chi connectivity index (χ4v) is 5.09. The standard InChI is InChI=1S/C19H27N3O3S/c1-13-14(2)26-17-16(13)18(23)22(12-20-17)11-19(24)4-6-21(7-5-19)9-15-3-8-25-10-15/h12,15,24H,3-11H2,1-2H3. The average molecular weight is 378 g/mol. The van der Waals surface area contributed by atoms with Gasteiger partial charge in [-0.25, -0.2) is 4.98 Å². The Balaban J connectivity index is 1.45. The maximum absolute atomic E-state index is 12.9. The fourth-order valence-electron chi connectivity index (χ4n) is 4.10. The first-order chi connectivity index (χ1) is 12.5. The van der Waals surface area contributed by atoms with Gasteiger partial charge in [0.05, 0.1) is 30.5 Å². The van der Waals surface area contributed by atoms with Crippen molar-refractivity contribution in [2.75, 3.05) is 32.8 Å². The van der Waals surface area contributed by atoms with Crippen LogP contribution in [0.1, 0.15) is 29.7 Å². The molecule has 1 N–H and O–H groups in total. The van der Waals surface area contributed by atoms with E-state index in [4.69, 9.17) is 4.74 Å². The summed E-state index contributed by atoms with van der Waals surface area (Å²) in [6.07, 6.45) is 4.11. The minimum absolute atomic E-state index is 0.0317. The van der Waals surface area contributed by atoms with Crippen LogP contribution in [-0.4, -0.2) is 58.0 Å². The van der Waals surface area contributed by atoms with Crippen LogP contribution >= 0.6 is 11.3 Å². The highest BCUT2D eigenvalue weighted by molar-refractivity contribution is 7.18. The lowest BCUT2D eigenvalue weighted by molar-refractivity contribution is -0.0374. The van der Waals surface area contributed by atoms with Gasteiger partial charge in [-0.3, -0.25) is 9.36 Å². The summed E-state index contributed by atoms with van der Waals surface area (Å²) in [5, 5.41) is 11.7. The van der Waals surface area contributed by atoms with Crippen LogP contribution in [-0.2, 0) is 11.3 Å². The van der Waals surface area contributed by atoms with Crippen molar-refractivity contribution < 1.29 is 9.84 Å². The van der Waals surface area contributed by atoms with Gasteiger partial charge in [-0.05, 0) is 44.6 Å². The molecule has 2 aliphatic rings. The number of ether oxygens (including phenoxy) is 1. The third-order valence-corrected chi connectivity index (χ3v) is 7.06. The summed E-state index contributed by atoms with van der Waals surface area (Å²) < 4.78 is 7.06. The molecule has 1 unspecified atom stereocenters. The zero-order valence-electron chi connectivity index (χ0n) is 15.5. The Bertz CT molecular complexity index is 846. The highest BCUT2D eigenvalue weighted by Crippen LogP contribution is 2.28. The van der Waals surface area contributed by atoms with Crippen molar-refractivity contribution in [3.8, 4) is 0 Å². The summed E-state index contributed by atoms with van der Waals surface area (Å²) in [6, 6.07) is 0. The number of hydrogen-bond acceptors (Lipinski definition) is 6. The minimum atomic E-state index is -0.833. The Kier molecular flexibility index (Phi) is 4.90. The van der Waals surface area contributed by atoms with Crippen LogP contribution in [0.25, 0.3) is 10.2 Å². The van der Waals surface area contributed by atoms with Crippen molar-refractivity contribution in [1.29, 1.82) is 0 Å². The molecule has 2 saturated heterocycles. The van der Waals surface area contributed by atoms with Gasteiger partial charge in [0.1, 0.15) is 4.83 Å². The van der Waals surface area contributed by atoms with Crippen molar-refractivity contribution in [1.82, 2.24) is 14.5 Å². The molecule has 0 bridgehead atoms. The Labute approximate surface area is 157 Å². The van der Waals surface area contributed by atoms with Gasteiger partial charge in [-0.15, -0.1) is 11.3 Å². The van der Waals surface area contributed by atoms with E-state index in [2.05, 4.69) is 9.88 Å². The van der Waals surface area contributed by atoms with E-state index in [0.717, 1.165) is 54.5 Å². The number of nitrogens with zero attached hydrogens (tertiary/aromatic N) is 3. The summed E-state index contributed by atoms with van der Waals surface area (Å²) in [5.74, 6) is 0.625. The molecule has 0 aliphatic carbocycles. The number of thiophene rings is 1. The summed E-state index contributed by atoms with van der Waals surface area (Å²) in [6.45, 7) is 8.84. The molecule has 26 heavy (non-hydrogen) atoms. The third kappa shape index (κ3) is 3.45. The number of fused-ring (bicyclic) bond motifs is 1.